The SMILES string of the molecule is CC1(C)Oc2ccc(Cl)cc2N(CCC(=O)NC2=NN=C(c3ccccc3)CS2)C1=O. The number of fused-ring (bicyclic) bond motifs is 1. The molecule has 0 bridgehead atoms. The number of ether oxygens (including phenoxy) is 1. The molecule has 4 rings (SSSR count). The molecule has 31 heavy (non-hydrogen) atoms. The van der Waals surface area contributed by atoms with E-state index in [0.29, 0.717) is 27.4 Å². The van der Waals surface area contributed by atoms with Gasteiger partial charge >= 0.3 is 0 Å². The predicted molar refractivity (Wildman–Crippen MR) is 124 cm³/mol. The van der Waals surface area contributed by atoms with E-state index in [1.807, 2.05) is 30.3 Å². The Hall–Kier alpha value is -2.84. The van der Waals surface area contributed by atoms with E-state index in [0.717, 1.165) is 11.3 Å². The summed E-state index contributed by atoms with van der Waals surface area (Å²) in [4.78, 5) is 26.9. The summed E-state index contributed by atoms with van der Waals surface area (Å²) in [6.45, 7) is 3.60. The maximum Gasteiger partial charge on any atom is 0.270 e. The van der Waals surface area contributed by atoms with Crippen molar-refractivity contribution in [2.75, 3.05) is 17.2 Å². The molecular weight excluding hydrogens is 436 g/mol. The van der Waals surface area contributed by atoms with E-state index in [-0.39, 0.29) is 24.8 Å². The van der Waals surface area contributed by atoms with Crippen LogP contribution in [-0.2, 0) is 9.59 Å². The Morgan fingerprint density at radius 2 is 2.00 bits per heavy atom. The molecule has 0 aromatic heterocycles. The molecule has 0 spiro atoms. The zero-order valence-corrected chi connectivity index (χ0v) is 18.7. The third-order valence-corrected chi connectivity index (χ3v) is 5.97. The molecule has 2 amide bonds. The Morgan fingerprint density at radius 1 is 1.23 bits per heavy atom. The van der Waals surface area contributed by atoms with Crippen molar-refractivity contribution in [2.45, 2.75) is 25.9 Å². The van der Waals surface area contributed by atoms with Gasteiger partial charge in [0.25, 0.3) is 5.91 Å². The first-order valence-electron chi connectivity index (χ1n) is 9.76. The largest absolute Gasteiger partial charge is 0.476 e. The average molecular weight is 457 g/mol. The van der Waals surface area contributed by atoms with Gasteiger partial charge in [-0.05, 0) is 37.6 Å². The number of hydrogen-bond acceptors (Lipinski definition) is 6. The number of hydrogen-bond donors (Lipinski definition) is 1. The van der Waals surface area contributed by atoms with Crippen LogP contribution in [0.3, 0.4) is 0 Å². The van der Waals surface area contributed by atoms with Gasteiger partial charge in [0, 0.05) is 23.7 Å². The van der Waals surface area contributed by atoms with Crippen LogP contribution in [0.1, 0.15) is 25.8 Å². The lowest BCUT2D eigenvalue weighted by Gasteiger charge is -2.38. The summed E-state index contributed by atoms with van der Waals surface area (Å²) in [6, 6.07) is 14.9. The van der Waals surface area contributed by atoms with E-state index in [1.54, 1.807) is 36.9 Å². The smallest absolute Gasteiger partial charge is 0.270 e. The third kappa shape index (κ3) is 4.75. The number of benzene rings is 2. The highest BCUT2D eigenvalue weighted by molar-refractivity contribution is 8.14. The van der Waals surface area contributed by atoms with Crippen LogP contribution in [0.25, 0.3) is 0 Å². The minimum absolute atomic E-state index is 0.0998. The number of carbonyl (C=O) groups excluding carboxylic acids is 2. The zero-order valence-electron chi connectivity index (χ0n) is 17.1. The maximum atomic E-state index is 12.9. The Morgan fingerprint density at radius 3 is 2.71 bits per heavy atom. The van der Waals surface area contributed by atoms with Gasteiger partial charge in [0.1, 0.15) is 5.75 Å². The number of nitrogens with zero attached hydrogens (tertiary/aromatic N) is 3. The normalized spacial score (nSPS) is 17.3. The van der Waals surface area contributed by atoms with E-state index >= 15 is 0 Å². The standard InChI is InChI=1S/C22H21ClN4O3S/c1-22(2)20(29)27(17-12-15(23)8-9-18(17)30-22)11-10-19(28)24-21-26-25-16(13-31-21)14-6-4-3-5-7-14/h3-9,12H,10-11,13H2,1-2H3,(H,24,26,28). The number of rotatable bonds is 4. The van der Waals surface area contributed by atoms with Gasteiger partial charge in [0.2, 0.25) is 5.91 Å². The summed E-state index contributed by atoms with van der Waals surface area (Å²) in [7, 11) is 0. The number of anilines is 1. The van der Waals surface area contributed by atoms with Crippen LogP contribution >= 0.6 is 23.4 Å². The molecule has 2 heterocycles. The molecule has 1 N–H and O–H groups in total. The first kappa shape index (κ1) is 21.4. The Labute approximate surface area is 189 Å². The molecule has 0 saturated carbocycles. The molecule has 0 radical (unpaired) electrons. The molecule has 0 fully saturated rings. The van der Waals surface area contributed by atoms with Gasteiger partial charge in [-0.2, -0.15) is 5.10 Å². The summed E-state index contributed by atoms with van der Waals surface area (Å²) in [5.74, 6) is 0.705. The molecule has 2 aliphatic rings. The van der Waals surface area contributed by atoms with Crippen molar-refractivity contribution in [1.29, 1.82) is 0 Å². The molecule has 160 valence electrons. The summed E-state index contributed by atoms with van der Waals surface area (Å²) in [5.41, 5.74) is 1.41. The molecule has 9 heteroatoms. The molecule has 2 aliphatic heterocycles. The van der Waals surface area contributed by atoms with Gasteiger partial charge in [0.15, 0.2) is 10.8 Å². The van der Waals surface area contributed by atoms with E-state index < -0.39 is 5.60 Å². The van der Waals surface area contributed by atoms with Crippen molar-refractivity contribution in [1.82, 2.24) is 5.32 Å². The monoisotopic (exact) mass is 456 g/mol. The van der Waals surface area contributed by atoms with Gasteiger partial charge in [-0.25, -0.2) is 0 Å². The van der Waals surface area contributed by atoms with Gasteiger partial charge in [-0.3, -0.25) is 9.59 Å². The highest BCUT2D eigenvalue weighted by Crippen LogP contribution is 2.39. The van der Waals surface area contributed by atoms with Crippen LogP contribution in [0.4, 0.5) is 5.69 Å². The molecule has 0 unspecified atom stereocenters. The average Bonchev–Trinajstić information content (AvgIpc) is 2.76. The summed E-state index contributed by atoms with van der Waals surface area (Å²) < 4.78 is 5.80. The first-order chi connectivity index (χ1) is 14.8. The lowest BCUT2D eigenvalue weighted by molar-refractivity contribution is -0.132. The first-order valence-corrected chi connectivity index (χ1v) is 11.1. The van der Waals surface area contributed by atoms with Gasteiger partial charge in [-0.15, -0.1) is 5.10 Å². The lowest BCUT2D eigenvalue weighted by atomic mass is 10.0. The summed E-state index contributed by atoms with van der Waals surface area (Å²) in [6.07, 6.45) is 0.0998. The fourth-order valence-electron chi connectivity index (χ4n) is 3.29. The second-order valence-electron chi connectivity index (χ2n) is 7.59. The number of amidine groups is 1. The van der Waals surface area contributed by atoms with Gasteiger partial charge < -0.3 is 15.0 Å². The highest BCUT2D eigenvalue weighted by atomic mass is 35.5. The van der Waals surface area contributed by atoms with Gasteiger partial charge in [-0.1, -0.05) is 53.7 Å². The maximum absolute atomic E-state index is 12.9. The molecule has 0 aliphatic carbocycles. The second kappa shape index (κ2) is 8.72. The van der Waals surface area contributed by atoms with Crippen LogP contribution in [0, 0.1) is 0 Å². The topological polar surface area (TPSA) is 83.4 Å². The van der Waals surface area contributed by atoms with Crippen molar-refractivity contribution in [2.24, 2.45) is 10.2 Å². The number of carbonyl (C=O) groups is 2. The van der Waals surface area contributed by atoms with E-state index in [9.17, 15) is 9.59 Å². The minimum atomic E-state index is -1.02. The number of halogens is 1. The number of thioether (sulfide) groups is 1. The van der Waals surface area contributed by atoms with Crippen LogP contribution in [-0.4, -0.2) is 40.6 Å². The second-order valence-corrected chi connectivity index (χ2v) is 8.99. The van der Waals surface area contributed by atoms with Gasteiger partial charge in [0.05, 0.1) is 11.4 Å². The van der Waals surface area contributed by atoms with Crippen molar-refractivity contribution in [3.63, 3.8) is 0 Å². The summed E-state index contributed by atoms with van der Waals surface area (Å²) >= 11 is 7.52. The minimum Gasteiger partial charge on any atom is -0.476 e. The number of nitrogens with one attached hydrogen (secondary N) is 1. The van der Waals surface area contributed by atoms with E-state index in [2.05, 4.69) is 15.5 Å². The predicted octanol–water partition coefficient (Wildman–Crippen LogP) is 3.86. The number of amides is 2. The van der Waals surface area contributed by atoms with Crippen molar-refractivity contribution in [3.8, 4) is 5.75 Å². The van der Waals surface area contributed by atoms with Crippen LogP contribution in [0.5, 0.6) is 5.75 Å². The van der Waals surface area contributed by atoms with E-state index in [4.69, 9.17) is 16.3 Å². The molecule has 2 aromatic rings. The fourth-order valence-corrected chi connectivity index (χ4v) is 4.24. The Balaban J connectivity index is 1.41. The lowest BCUT2D eigenvalue weighted by Crippen LogP contribution is -2.53. The molecule has 7 nitrogen and oxygen atoms in total. The van der Waals surface area contributed by atoms with Crippen LogP contribution < -0.4 is 15.0 Å². The van der Waals surface area contributed by atoms with Crippen LogP contribution in [0.2, 0.25) is 5.02 Å². The molecule has 0 saturated heterocycles. The molecular formula is C22H21ClN4O3S. The summed E-state index contributed by atoms with van der Waals surface area (Å²) in [5, 5.41) is 12.1. The van der Waals surface area contributed by atoms with Crippen molar-refractivity contribution < 1.29 is 14.3 Å². The Kier molecular flexibility index (Phi) is 6.02. The fraction of sp³-hybridized carbons (Fsp3) is 0.273. The quantitative estimate of drug-likeness (QED) is 0.757. The van der Waals surface area contributed by atoms with Crippen LogP contribution in [0.15, 0.2) is 58.7 Å². The molecule has 0 atom stereocenters. The molecule has 2 aromatic carbocycles. The zero-order chi connectivity index (χ0) is 22.0. The van der Waals surface area contributed by atoms with Crippen molar-refractivity contribution in [3.05, 3.63) is 59.1 Å². The van der Waals surface area contributed by atoms with E-state index in [1.165, 1.54) is 11.8 Å². The van der Waals surface area contributed by atoms with Crippen molar-refractivity contribution >= 4 is 51.7 Å². The third-order valence-electron chi connectivity index (χ3n) is 4.86. The Bertz CT molecular complexity index is 1090. The highest BCUT2D eigenvalue weighted by Gasteiger charge is 2.41.